The van der Waals surface area contributed by atoms with Gasteiger partial charge in [0.05, 0.1) is 24.9 Å². The lowest BCUT2D eigenvalue weighted by Gasteiger charge is -2.25. The van der Waals surface area contributed by atoms with Crippen LogP contribution in [0.1, 0.15) is 121 Å². The van der Waals surface area contributed by atoms with Crippen molar-refractivity contribution >= 4 is 5.97 Å². The van der Waals surface area contributed by atoms with Gasteiger partial charge in [-0.15, -0.1) is 0 Å². The van der Waals surface area contributed by atoms with E-state index in [-0.39, 0.29) is 25.0 Å². The van der Waals surface area contributed by atoms with Crippen LogP contribution in [0.15, 0.2) is 27.6 Å². The Kier molecular flexibility index (Phi) is 14.5. The summed E-state index contributed by atoms with van der Waals surface area (Å²) in [6.07, 6.45) is 11.7. The molecule has 0 spiro atoms. The van der Waals surface area contributed by atoms with E-state index in [0.29, 0.717) is 11.7 Å². The van der Waals surface area contributed by atoms with Gasteiger partial charge in [0.25, 0.3) is 0 Å². The molecular weight excluding hydrogens is 476 g/mol. The summed E-state index contributed by atoms with van der Waals surface area (Å²) in [5.41, 5.74) is 0. The first-order valence-electron chi connectivity index (χ1n) is 13.8. The lowest BCUT2D eigenvalue weighted by atomic mass is 10.0. The number of hydrogen-bond donors (Lipinski definition) is 3. The van der Waals surface area contributed by atoms with Crippen molar-refractivity contribution in [1.82, 2.24) is 9.97 Å². The average Bonchev–Trinajstić information content (AvgIpc) is 3.54. The van der Waals surface area contributed by atoms with Crippen LogP contribution in [0.25, 0.3) is 0 Å². The highest BCUT2D eigenvalue weighted by Gasteiger charge is 2.29. The van der Waals surface area contributed by atoms with E-state index in [0.717, 1.165) is 25.2 Å². The largest absolute Gasteiger partial charge is 0.460 e. The number of hydrogen-bond acceptors (Lipinski definition) is 9. The lowest BCUT2D eigenvalue weighted by molar-refractivity contribution is -0.159. The number of nitrogens with zero attached hydrogens (tertiary/aromatic N) is 2. The fraction of sp³-hybridized carbons (Fsp3) is 0.750. The Labute approximate surface area is 220 Å². The molecule has 0 unspecified atom stereocenters. The van der Waals surface area contributed by atoms with Crippen molar-refractivity contribution in [3.63, 3.8) is 0 Å². The van der Waals surface area contributed by atoms with Gasteiger partial charge in [-0.1, -0.05) is 71.6 Å². The van der Waals surface area contributed by atoms with Crippen molar-refractivity contribution < 1.29 is 33.7 Å². The maximum atomic E-state index is 12.1. The number of rotatable bonds is 20. The maximum absolute atomic E-state index is 12.1. The molecule has 0 aliphatic heterocycles. The van der Waals surface area contributed by atoms with E-state index >= 15 is 0 Å². The summed E-state index contributed by atoms with van der Waals surface area (Å²) in [6.45, 7) is 6.07. The molecule has 2 aromatic rings. The van der Waals surface area contributed by atoms with Crippen LogP contribution in [-0.2, 0) is 16.0 Å². The molecule has 0 radical (unpaired) electrons. The second-order valence-electron chi connectivity index (χ2n) is 10.4. The highest BCUT2D eigenvalue weighted by Crippen LogP contribution is 2.23. The Morgan fingerprint density at radius 3 is 2.22 bits per heavy atom. The van der Waals surface area contributed by atoms with Crippen LogP contribution in [0.2, 0.25) is 0 Å². The van der Waals surface area contributed by atoms with Crippen molar-refractivity contribution in [2.24, 2.45) is 5.92 Å². The number of ether oxygens (including phenoxy) is 1. The van der Waals surface area contributed by atoms with E-state index in [4.69, 9.17) is 13.6 Å². The van der Waals surface area contributed by atoms with Gasteiger partial charge in [-0.05, 0) is 19.3 Å². The van der Waals surface area contributed by atoms with Gasteiger partial charge >= 0.3 is 5.97 Å². The van der Waals surface area contributed by atoms with Crippen molar-refractivity contribution in [1.29, 1.82) is 0 Å². The van der Waals surface area contributed by atoms with E-state index in [1.54, 1.807) is 6.20 Å². The normalized spacial score (nSPS) is 15.0. The molecule has 0 fully saturated rings. The zero-order valence-corrected chi connectivity index (χ0v) is 22.7. The summed E-state index contributed by atoms with van der Waals surface area (Å²) in [4.78, 5) is 20.0. The van der Waals surface area contributed by atoms with Crippen molar-refractivity contribution in [2.45, 2.75) is 129 Å². The lowest BCUT2D eigenvalue weighted by Crippen LogP contribution is -2.39. The molecule has 4 atom stereocenters. The third kappa shape index (κ3) is 12.7. The van der Waals surface area contributed by atoms with Crippen LogP contribution in [0.3, 0.4) is 0 Å². The number of oxazole rings is 2. The fourth-order valence-corrected chi connectivity index (χ4v) is 4.23. The van der Waals surface area contributed by atoms with E-state index in [2.05, 4.69) is 23.8 Å². The Bertz CT molecular complexity index is 853. The molecule has 2 rings (SSSR count). The van der Waals surface area contributed by atoms with Crippen LogP contribution < -0.4 is 0 Å². The van der Waals surface area contributed by atoms with Gasteiger partial charge in [-0.2, -0.15) is 0 Å². The fourth-order valence-electron chi connectivity index (χ4n) is 4.23. The molecule has 37 heavy (non-hydrogen) atoms. The molecule has 0 bridgehead atoms. The third-order valence-electron chi connectivity index (χ3n) is 6.53. The monoisotopic (exact) mass is 522 g/mol. The smallest absolute Gasteiger partial charge is 0.306 e. The summed E-state index contributed by atoms with van der Waals surface area (Å²) in [5.74, 6) is 1.47. The van der Waals surface area contributed by atoms with Gasteiger partial charge in [0.15, 0.2) is 12.2 Å². The van der Waals surface area contributed by atoms with E-state index < -0.39 is 30.4 Å². The summed E-state index contributed by atoms with van der Waals surface area (Å²) in [5, 5.41) is 31.1. The van der Waals surface area contributed by atoms with Gasteiger partial charge in [0.2, 0.25) is 5.89 Å². The van der Waals surface area contributed by atoms with Crippen LogP contribution in [-0.4, -0.2) is 49.6 Å². The molecule has 0 aliphatic rings. The van der Waals surface area contributed by atoms with Gasteiger partial charge in [-0.25, -0.2) is 9.97 Å². The summed E-state index contributed by atoms with van der Waals surface area (Å²) in [7, 11) is 0. The molecular formula is C28H46N2O7. The first-order chi connectivity index (χ1) is 17.8. The standard InChI is InChI=1S/C28H46N2O7/c1-20(2)13-11-9-7-5-4-6-8-10-12-14-27(33)36-21(3)28(34)24(32)16-23(31)25-18-30-26(37-25)15-22-17-29-19-35-22/h17-21,23-24,28,31-32,34H,4-16H2,1-3H3/t21-,23+,24-,28+/m0/s1. The summed E-state index contributed by atoms with van der Waals surface area (Å²) >= 11 is 0. The second-order valence-corrected chi connectivity index (χ2v) is 10.4. The molecule has 0 aromatic carbocycles. The average molecular weight is 523 g/mol. The number of aliphatic hydroxyl groups excluding tert-OH is 3. The Morgan fingerprint density at radius 2 is 1.59 bits per heavy atom. The number of esters is 1. The highest BCUT2D eigenvalue weighted by atomic mass is 16.6. The molecule has 2 aromatic heterocycles. The summed E-state index contributed by atoms with van der Waals surface area (Å²) in [6, 6.07) is 0. The highest BCUT2D eigenvalue weighted by molar-refractivity contribution is 5.69. The zero-order chi connectivity index (χ0) is 27.0. The topological polar surface area (TPSA) is 139 Å². The molecule has 0 aliphatic carbocycles. The van der Waals surface area contributed by atoms with Crippen LogP contribution in [0.5, 0.6) is 0 Å². The van der Waals surface area contributed by atoms with Crippen LogP contribution in [0, 0.1) is 5.92 Å². The Hall–Kier alpha value is -2.23. The number of carbonyl (C=O) groups is 1. The number of unbranched alkanes of at least 4 members (excludes halogenated alkanes) is 8. The predicted octanol–water partition coefficient (Wildman–Crippen LogP) is 5.28. The molecule has 0 saturated carbocycles. The molecule has 3 N–H and O–H groups in total. The van der Waals surface area contributed by atoms with E-state index in [9.17, 15) is 20.1 Å². The van der Waals surface area contributed by atoms with Crippen LogP contribution in [0.4, 0.5) is 0 Å². The molecule has 9 heteroatoms. The van der Waals surface area contributed by atoms with Crippen LogP contribution >= 0.6 is 0 Å². The van der Waals surface area contributed by atoms with Crippen molar-refractivity contribution in [3.8, 4) is 0 Å². The maximum Gasteiger partial charge on any atom is 0.306 e. The molecule has 2 heterocycles. The van der Waals surface area contributed by atoms with Crippen molar-refractivity contribution in [2.75, 3.05) is 0 Å². The molecule has 0 amide bonds. The minimum atomic E-state index is -1.34. The Balaban J connectivity index is 1.56. The molecule has 0 saturated heterocycles. The molecule has 210 valence electrons. The van der Waals surface area contributed by atoms with Gasteiger partial charge in [0.1, 0.15) is 24.1 Å². The second kappa shape index (κ2) is 17.3. The first kappa shape index (κ1) is 31.0. The number of aromatic nitrogens is 2. The van der Waals surface area contributed by atoms with E-state index in [1.807, 2.05) is 0 Å². The predicted molar refractivity (Wildman–Crippen MR) is 139 cm³/mol. The Morgan fingerprint density at radius 1 is 0.946 bits per heavy atom. The quantitative estimate of drug-likeness (QED) is 0.157. The van der Waals surface area contributed by atoms with Crippen molar-refractivity contribution in [3.05, 3.63) is 36.2 Å². The van der Waals surface area contributed by atoms with E-state index in [1.165, 1.54) is 64.5 Å². The minimum absolute atomic E-state index is 0.163. The minimum Gasteiger partial charge on any atom is -0.460 e. The van der Waals surface area contributed by atoms with Gasteiger partial charge in [0, 0.05) is 12.8 Å². The zero-order valence-electron chi connectivity index (χ0n) is 22.7. The van der Waals surface area contributed by atoms with Gasteiger partial charge in [-0.3, -0.25) is 4.79 Å². The third-order valence-corrected chi connectivity index (χ3v) is 6.53. The van der Waals surface area contributed by atoms with Gasteiger partial charge < -0.3 is 28.9 Å². The summed E-state index contributed by atoms with van der Waals surface area (Å²) < 4.78 is 15.9. The molecule has 9 nitrogen and oxygen atoms in total. The number of carbonyl (C=O) groups excluding carboxylic acids is 1. The number of aliphatic hydroxyl groups is 3. The first-order valence-corrected chi connectivity index (χ1v) is 13.8. The SMILES string of the molecule is CC(C)CCCCCCCCCCCC(=O)O[C@@H](C)[C@@H](O)[C@@H](O)C[C@@H](O)c1cnc(Cc2cnco2)o1.